The molecule has 2 rings (SSSR count). The fourth-order valence-electron chi connectivity index (χ4n) is 2.97. The van der Waals surface area contributed by atoms with Crippen molar-refractivity contribution >= 4 is 0 Å². The molecule has 1 aromatic rings. The van der Waals surface area contributed by atoms with Crippen molar-refractivity contribution in [3.8, 4) is 0 Å². The van der Waals surface area contributed by atoms with Gasteiger partial charge < -0.3 is 9.32 Å². The van der Waals surface area contributed by atoms with Crippen molar-refractivity contribution in [1.82, 2.24) is 9.80 Å². The van der Waals surface area contributed by atoms with Crippen molar-refractivity contribution in [2.24, 2.45) is 0 Å². The second-order valence-electron chi connectivity index (χ2n) is 6.46. The number of hydrogen-bond acceptors (Lipinski definition) is 3. The zero-order valence-corrected chi connectivity index (χ0v) is 13.6. The van der Waals surface area contributed by atoms with E-state index in [4.69, 9.17) is 4.42 Å². The summed E-state index contributed by atoms with van der Waals surface area (Å²) in [5, 5.41) is 0. The molecular formula is C17H30N2O. The second kappa shape index (κ2) is 7.28. The highest BCUT2D eigenvalue weighted by Gasteiger charge is 2.18. The molecule has 1 aliphatic heterocycles. The van der Waals surface area contributed by atoms with Crippen LogP contribution in [0.3, 0.4) is 0 Å². The molecule has 0 amide bonds. The van der Waals surface area contributed by atoms with Gasteiger partial charge in [0.15, 0.2) is 0 Å². The molecule has 1 aliphatic rings. The van der Waals surface area contributed by atoms with E-state index in [1.165, 1.54) is 45.6 Å². The molecule has 20 heavy (non-hydrogen) atoms. The number of rotatable bonds is 5. The van der Waals surface area contributed by atoms with Gasteiger partial charge in [0.25, 0.3) is 0 Å². The minimum atomic E-state index is 0.521. The fraction of sp³-hybridized carbons (Fsp3) is 0.765. The summed E-state index contributed by atoms with van der Waals surface area (Å²) in [6.07, 6.45) is 2.49. The van der Waals surface area contributed by atoms with Crippen molar-refractivity contribution in [1.29, 1.82) is 0 Å². The maximum Gasteiger partial charge on any atom is 0.107 e. The Kier molecular flexibility index (Phi) is 5.67. The monoisotopic (exact) mass is 278 g/mol. The zero-order chi connectivity index (χ0) is 14.5. The fourth-order valence-corrected chi connectivity index (χ4v) is 2.97. The van der Waals surface area contributed by atoms with Crippen LogP contribution in [0.25, 0.3) is 0 Å². The molecule has 0 radical (unpaired) electrons. The first-order chi connectivity index (χ1) is 9.56. The van der Waals surface area contributed by atoms with Gasteiger partial charge in [-0.15, -0.1) is 0 Å². The molecular weight excluding hydrogens is 248 g/mol. The first kappa shape index (κ1) is 15.6. The Bertz CT molecular complexity index is 399. The van der Waals surface area contributed by atoms with Gasteiger partial charge in [0.1, 0.15) is 11.5 Å². The lowest BCUT2D eigenvalue weighted by atomic mass is 10.0. The van der Waals surface area contributed by atoms with Crippen LogP contribution in [0.15, 0.2) is 16.5 Å². The van der Waals surface area contributed by atoms with E-state index in [1.807, 2.05) is 6.92 Å². The SMILES string of the molecule is Cc1ccc(C(C)CCN2CCCN(C(C)C)CC2)o1. The average Bonchev–Trinajstić information content (AvgIpc) is 2.71. The molecule has 3 nitrogen and oxygen atoms in total. The summed E-state index contributed by atoms with van der Waals surface area (Å²) in [7, 11) is 0. The first-order valence-corrected chi connectivity index (χ1v) is 8.09. The molecule has 0 aromatic carbocycles. The van der Waals surface area contributed by atoms with Crippen molar-refractivity contribution in [3.05, 3.63) is 23.7 Å². The van der Waals surface area contributed by atoms with E-state index < -0.39 is 0 Å². The Hall–Kier alpha value is -0.800. The lowest BCUT2D eigenvalue weighted by molar-refractivity contribution is 0.217. The normalized spacial score (nSPS) is 20.2. The molecule has 1 atom stereocenters. The molecule has 1 saturated heterocycles. The lowest BCUT2D eigenvalue weighted by Crippen LogP contribution is -2.35. The van der Waals surface area contributed by atoms with E-state index in [0.717, 1.165) is 11.5 Å². The predicted octanol–water partition coefficient (Wildman–Crippen LogP) is 3.50. The molecule has 0 aliphatic carbocycles. The molecule has 0 saturated carbocycles. The maximum absolute atomic E-state index is 5.73. The van der Waals surface area contributed by atoms with Crippen molar-refractivity contribution in [3.63, 3.8) is 0 Å². The van der Waals surface area contributed by atoms with Crippen LogP contribution in [0.1, 0.15) is 51.1 Å². The molecule has 0 N–H and O–H groups in total. The van der Waals surface area contributed by atoms with Crippen molar-refractivity contribution < 1.29 is 4.42 Å². The van der Waals surface area contributed by atoms with Crippen LogP contribution in [-0.4, -0.2) is 48.6 Å². The molecule has 0 bridgehead atoms. The quantitative estimate of drug-likeness (QED) is 0.822. The van der Waals surface area contributed by atoms with Crippen LogP contribution in [0.5, 0.6) is 0 Å². The number of aryl methyl sites for hydroxylation is 1. The summed E-state index contributed by atoms with van der Waals surface area (Å²) in [6.45, 7) is 15.0. The number of hydrogen-bond donors (Lipinski definition) is 0. The highest BCUT2D eigenvalue weighted by atomic mass is 16.3. The highest BCUT2D eigenvalue weighted by Crippen LogP contribution is 2.21. The Balaban J connectivity index is 1.76. The molecule has 0 spiro atoms. The molecule has 3 heteroatoms. The van der Waals surface area contributed by atoms with Gasteiger partial charge in [0.05, 0.1) is 0 Å². The van der Waals surface area contributed by atoms with Gasteiger partial charge in [-0.05, 0) is 65.4 Å². The predicted molar refractivity (Wildman–Crippen MR) is 84.2 cm³/mol. The topological polar surface area (TPSA) is 19.6 Å². The number of nitrogens with zero attached hydrogens (tertiary/aromatic N) is 2. The van der Waals surface area contributed by atoms with E-state index in [-0.39, 0.29) is 0 Å². The van der Waals surface area contributed by atoms with Crippen molar-refractivity contribution in [2.45, 2.75) is 52.5 Å². The standard InChI is InChI=1S/C17H30N2O/c1-14(2)19-10-5-9-18(12-13-19)11-8-15(3)17-7-6-16(4)20-17/h6-7,14-15H,5,8-13H2,1-4H3. The highest BCUT2D eigenvalue weighted by molar-refractivity contribution is 5.09. The van der Waals surface area contributed by atoms with Gasteiger partial charge >= 0.3 is 0 Å². The third-order valence-corrected chi connectivity index (χ3v) is 4.48. The lowest BCUT2D eigenvalue weighted by Gasteiger charge is -2.25. The van der Waals surface area contributed by atoms with E-state index in [1.54, 1.807) is 0 Å². The summed E-state index contributed by atoms with van der Waals surface area (Å²) in [6, 6.07) is 4.88. The van der Waals surface area contributed by atoms with Gasteiger partial charge in [-0.25, -0.2) is 0 Å². The summed E-state index contributed by atoms with van der Waals surface area (Å²) in [5.41, 5.74) is 0. The first-order valence-electron chi connectivity index (χ1n) is 8.09. The Morgan fingerprint density at radius 1 is 1.10 bits per heavy atom. The maximum atomic E-state index is 5.73. The van der Waals surface area contributed by atoms with E-state index in [9.17, 15) is 0 Å². The Morgan fingerprint density at radius 3 is 2.55 bits per heavy atom. The van der Waals surface area contributed by atoms with E-state index >= 15 is 0 Å². The van der Waals surface area contributed by atoms with Crippen LogP contribution in [0.2, 0.25) is 0 Å². The van der Waals surface area contributed by atoms with Gasteiger partial charge in [-0.2, -0.15) is 0 Å². The smallest absolute Gasteiger partial charge is 0.107 e. The van der Waals surface area contributed by atoms with Gasteiger partial charge in [0.2, 0.25) is 0 Å². The third-order valence-electron chi connectivity index (χ3n) is 4.48. The zero-order valence-electron chi connectivity index (χ0n) is 13.6. The molecule has 1 aromatic heterocycles. The van der Waals surface area contributed by atoms with Crippen LogP contribution < -0.4 is 0 Å². The Morgan fingerprint density at radius 2 is 1.90 bits per heavy atom. The molecule has 1 unspecified atom stereocenters. The minimum absolute atomic E-state index is 0.521. The molecule has 1 fully saturated rings. The summed E-state index contributed by atoms with van der Waals surface area (Å²) in [4.78, 5) is 5.22. The van der Waals surface area contributed by atoms with E-state index in [0.29, 0.717) is 12.0 Å². The third kappa shape index (κ3) is 4.35. The summed E-state index contributed by atoms with van der Waals surface area (Å²) < 4.78 is 5.73. The van der Waals surface area contributed by atoms with E-state index in [2.05, 4.69) is 42.7 Å². The van der Waals surface area contributed by atoms with Crippen LogP contribution in [-0.2, 0) is 0 Å². The largest absolute Gasteiger partial charge is 0.466 e. The van der Waals surface area contributed by atoms with Gasteiger partial charge in [0, 0.05) is 25.0 Å². The van der Waals surface area contributed by atoms with Gasteiger partial charge in [-0.3, -0.25) is 4.90 Å². The van der Waals surface area contributed by atoms with Crippen LogP contribution >= 0.6 is 0 Å². The second-order valence-corrected chi connectivity index (χ2v) is 6.46. The minimum Gasteiger partial charge on any atom is -0.466 e. The molecule has 114 valence electrons. The average molecular weight is 278 g/mol. The summed E-state index contributed by atoms with van der Waals surface area (Å²) in [5.74, 6) is 2.68. The van der Waals surface area contributed by atoms with Crippen LogP contribution in [0.4, 0.5) is 0 Å². The summed E-state index contributed by atoms with van der Waals surface area (Å²) >= 11 is 0. The molecule has 2 heterocycles. The number of furan rings is 1. The van der Waals surface area contributed by atoms with Gasteiger partial charge in [-0.1, -0.05) is 6.92 Å². The van der Waals surface area contributed by atoms with Crippen LogP contribution in [0, 0.1) is 6.92 Å². The van der Waals surface area contributed by atoms with Crippen molar-refractivity contribution in [2.75, 3.05) is 32.7 Å². The Labute approximate surface area is 123 Å².